The smallest absolute Gasteiger partial charge is 0.266 e. The minimum atomic E-state index is -0.380. The molecule has 20 heavy (non-hydrogen) atoms. The van der Waals surface area contributed by atoms with E-state index < -0.39 is 0 Å². The summed E-state index contributed by atoms with van der Waals surface area (Å²) in [5.41, 5.74) is 0.710. The van der Waals surface area contributed by atoms with Crippen LogP contribution in [0.3, 0.4) is 0 Å². The SMILES string of the molecule is Cc1cc(NC(=O)CON=Cc2ccccc2Cl)no1. The third kappa shape index (κ3) is 4.10. The molecule has 1 N–H and O–H groups in total. The number of aromatic nitrogens is 1. The molecule has 1 aromatic heterocycles. The monoisotopic (exact) mass is 293 g/mol. The van der Waals surface area contributed by atoms with Crippen molar-refractivity contribution in [2.24, 2.45) is 5.16 Å². The van der Waals surface area contributed by atoms with E-state index in [0.717, 1.165) is 0 Å². The van der Waals surface area contributed by atoms with Crippen LogP contribution >= 0.6 is 11.6 Å². The van der Waals surface area contributed by atoms with Crippen LogP contribution < -0.4 is 5.32 Å². The molecule has 1 heterocycles. The highest BCUT2D eigenvalue weighted by Crippen LogP contribution is 2.12. The second-order valence-electron chi connectivity index (χ2n) is 3.90. The Bertz CT molecular complexity index is 625. The van der Waals surface area contributed by atoms with Crippen LogP contribution in [0.15, 0.2) is 40.0 Å². The number of anilines is 1. The van der Waals surface area contributed by atoms with Crippen LogP contribution in [0.1, 0.15) is 11.3 Å². The number of nitrogens with zero attached hydrogens (tertiary/aromatic N) is 2. The summed E-state index contributed by atoms with van der Waals surface area (Å²) in [5, 5.41) is 10.4. The van der Waals surface area contributed by atoms with E-state index in [2.05, 4.69) is 15.6 Å². The number of benzene rings is 1. The van der Waals surface area contributed by atoms with Crippen molar-refractivity contribution >= 4 is 29.5 Å². The lowest BCUT2D eigenvalue weighted by Gasteiger charge is -2.00. The predicted molar refractivity (Wildman–Crippen MR) is 74.9 cm³/mol. The van der Waals surface area contributed by atoms with Gasteiger partial charge in [-0.05, 0) is 13.0 Å². The van der Waals surface area contributed by atoms with Crippen molar-refractivity contribution < 1.29 is 14.2 Å². The van der Waals surface area contributed by atoms with E-state index in [4.69, 9.17) is 21.0 Å². The maximum atomic E-state index is 11.5. The molecule has 0 radical (unpaired) electrons. The van der Waals surface area contributed by atoms with E-state index in [1.165, 1.54) is 6.21 Å². The standard InChI is InChI=1S/C13H12ClN3O3/c1-9-6-12(17-20-9)16-13(18)8-19-15-7-10-4-2-3-5-11(10)14/h2-7H,8H2,1H3,(H,16,17,18). The zero-order valence-corrected chi connectivity index (χ0v) is 11.4. The van der Waals surface area contributed by atoms with Crippen LogP contribution in [0.4, 0.5) is 5.82 Å². The van der Waals surface area contributed by atoms with E-state index >= 15 is 0 Å². The lowest BCUT2D eigenvalue weighted by atomic mass is 10.2. The lowest BCUT2D eigenvalue weighted by molar-refractivity contribution is -0.120. The average Bonchev–Trinajstić information content (AvgIpc) is 2.82. The first kappa shape index (κ1) is 14.1. The maximum absolute atomic E-state index is 11.5. The summed E-state index contributed by atoms with van der Waals surface area (Å²) in [6, 6.07) is 8.77. The first-order valence-corrected chi connectivity index (χ1v) is 6.16. The van der Waals surface area contributed by atoms with Gasteiger partial charge in [-0.2, -0.15) is 0 Å². The molecule has 2 aromatic rings. The lowest BCUT2D eigenvalue weighted by Crippen LogP contribution is -2.17. The van der Waals surface area contributed by atoms with Gasteiger partial charge >= 0.3 is 0 Å². The normalized spacial score (nSPS) is 10.7. The molecule has 0 saturated carbocycles. The Morgan fingerprint density at radius 2 is 2.35 bits per heavy atom. The Labute approximate surface area is 120 Å². The largest absolute Gasteiger partial charge is 0.386 e. The molecule has 7 heteroatoms. The minimum absolute atomic E-state index is 0.229. The topological polar surface area (TPSA) is 76.7 Å². The summed E-state index contributed by atoms with van der Waals surface area (Å²) in [6.45, 7) is 1.50. The first-order chi connectivity index (χ1) is 9.65. The van der Waals surface area contributed by atoms with E-state index in [1.807, 2.05) is 12.1 Å². The fourth-order valence-electron chi connectivity index (χ4n) is 1.37. The molecule has 0 saturated heterocycles. The van der Waals surface area contributed by atoms with Gasteiger partial charge in [-0.1, -0.05) is 40.1 Å². The summed E-state index contributed by atoms with van der Waals surface area (Å²) >= 11 is 5.93. The molecule has 6 nitrogen and oxygen atoms in total. The number of hydrogen-bond donors (Lipinski definition) is 1. The number of hydrogen-bond acceptors (Lipinski definition) is 5. The molecule has 104 valence electrons. The van der Waals surface area contributed by atoms with Gasteiger partial charge in [0.15, 0.2) is 12.4 Å². The highest BCUT2D eigenvalue weighted by molar-refractivity contribution is 6.33. The van der Waals surface area contributed by atoms with E-state index in [9.17, 15) is 4.79 Å². The van der Waals surface area contributed by atoms with Crippen LogP contribution in [-0.4, -0.2) is 23.9 Å². The van der Waals surface area contributed by atoms with Crippen molar-refractivity contribution in [2.45, 2.75) is 6.92 Å². The molecule has 0 aliphatic carbocycles. The van der Waals surface area contributed by atoms with Crippen molar-refractivity contribution in [3.05, 3.63) is 46.7 Å². The second-order valence-corrected chi connectivity index (χ2v) is 4.31. The second kappa shape index (κ2) is 6.72. The average molecular weight is 294 g/mol. The number of aryl methyl sites for hydroxylation is 1. The quantitative estimate of drug-likeness (QED) is 0.679. The van der Waals surface area contributed by atoms with Crippen molar-refractivity contribution in [3.63, 3.8) is 0 Å². The molecule has 0 bridgehead atoms. The zero-order valence-electron chi connectivity index (χ0n) is 10.7. The first-order valence-electron chi connectivity index (χ1n) is 5.78. The van der Waals surface area contributed by atoms with Crippen LogP contribution in [-0.2, 0) is 9.63 Å². The van der Waals surface area contributed by atoms with E-state index in [-0.39, 0.29) is 12.5 Å². The van der Waals surface area contributed by atoms with Gasteiger partial charge in [0.1, 0.15) is 5.76 Å². The van der Waals surface area contributed by atoms with Gasteiger partial charge in [0, 0.05) is 16.7 Å². The van der Waals surface area contributed by atoms with Gasteiger partial charge in [0.05, 0.1) is 6.21 Å². The predicted octanol–water partition coefficient (Wildman–Crippen LogP) is 2.63. The third-order valence-corrected chi connectivity index (χ3v) is 2.61. The van der Waals surface area contributed by atoms with Crippen molar-refractivity contribution in [2.75, 3.05) is 11.9 Å². The number of carbonyl (C=O) groups is 1. The van der Waals surface area contributed by atoms with Crippen LogP contribution in [0.25, 0.3) is 0 Å². The molecular weight excluding hydrogens is 282 g/mol. The maximum Gasteiger partial charge on any atom is 0.266 e. The van der Waals surface area contributed by atoms with Gasteiger partial charge in [0.2, 0.25) is 0 Å². The Hall–Kier alpha value is -2.34. The minimum Gasteiger partial charge on any atom is -0.386 e. The molecule has 0 fully saturated rings. The van der Waals surface area contributed by atoms with E-state index in [1.54, 1.807) is 25.1 Å². The summed E-state index contributed by atoms with van der Waals surface area (Å²) < 4.78 is 4.81. The van der Waals surface area contributed by atoms with Gasteiger partial charge in [-0.15, -0.1) is 0 Å². The summed E-state index contributed by atoms with van der Waals surface area (Å²) in [6.07, 6.45) is 1.44. The third-order valence-electron chi connectivity index (χ3n) is 2.26. The van der Waals surface area contributed by atoms with Crippen molar-refractivity contribution in [1.29, 1.82) is 0 Å². The summed E-state index contributed by atoms with van der Waals surface area (Å²) in [5.74, 6) is 0.568. The van der Waals surface area contributed by atoms with E-state index in [0.29, 0.717) is 22.2 Å². The number of amides is 1. The Morgan fingerprint density at radius 1 is 1.55 bits per heavy atom. The Morgan fingerprint density at radius 3 is 3.05 bits per heavy atom. The van der Waals surface area contributed by atoms with Gasteiger partial charge in [0.25, 0.3) is 5.91 Å². The fourth-order valence-corrected chi connectivity index (χ4v) is 1.56. The van der Waals surface area contributed by atoms with Crippen molar-refractivity contribution in [1.82, 2.24) is 5.16 Å². The summed E-state index contributed by atoms with van der Waals surface area (Å²) in [4.78, 5) is 16.4. The number of rotatable bonds is 5. The zero-order chi connectivity index (χ0) is 14.4. The molecule has 0 spiro atoms. The van der Waals surface area contributed by atoms with Crippen LogP contribution in [0, 0.1) is 6.92 Å². The fraction of sp³-hybridized carbons (Fsp3) is 0.154. The highest BCUT2D eigenvalue weighted by Gasteiger charge is 2.06. The van der Waals surface area contributed by atoms with Gasteiger partial charge in [-0.25, -0.2) is 0 Å². The molecule has 2 rings (SSSR count). The Kier molecular flexibility index (Phi) is 4.73. The molecular formula is C13H12ClN3O3. The number of oxime groups is 1. The van der Waals surface area contributed by atoms with Crippen LogP contribution in [0.5, 0.6) is 0 Å². The molecule has 0 unspecified atom stereocenters. The van der Waals surface area contributed by atoms with Crippen LogP contribution in [0.2, 0.25) is 5.02 Å². The Balaban J connectivity index is 1.78. The van der Waals surface area contributed by atoms with Gasteiger partial charge in [-0.3, -0.25) is 4.79 Å². The molecule has 0 aliphatic rings. The number of halogens is 1. The molecule has 0 atom stereocenters. The number of carbonyl (C=O) groups excluding carboxylic acids is 1. The number of nitrogens with one attached hydrogen (secondary N) is 1. The highest BCUT2D eigenvalue weighted by atomic mass is 35.5. The summed E-state index contributed by atoms with van der Waals surface area (Å²) in [7, 11) is 0. The molecule has 1 amide bonds. The van der Waals surface area contributed by atoms with Crippen molar-refractivity contribution in [3.8, 4) is 0 Å². The molecule has 1 aromatic carbocycles. The molecule has 0 aliphatic heterocycles. The van der Waals surface area contributed by atoms with Gasteiger partial charge < -0.3 is 14.7 Å².